The van der Waals surface area contributed by atoms with Gasteiger partial charge in [-0.05, 0) is 62.5 Å². The van der Waals surface area contributed by atoms with Crippen molar-refractivity contribution in [3.63, 3.8) is 0 Å². The van der Waals surface area contributed by atoms with E-state index in [1.54, 1.807) is 23.8 Å². The molecule has 3 aromatic heterocycles. The van der Waals surface area contributed by atoms with Crippen molar-refractivity contribution in [2.24, 2.45) is 0 Å². The number of carbonyl (C=O) groups excluding carboxylic acids is 1. The van der Waals surface area contributed by atoms with Crippen molar-refractivity contribution in [1.29, 1.82) is 0 Å². The molecule has 4 aromatic rings. The number of fused-ring (bicyclic) bond motifs is 2. The van der Waals surface area contributed by atoms with Gasteiger partial charge < -0.3 is 18.8 Å². The summed E-state index contributed by atoms with van der Waals surface area (Å²) >= 11 is 7.33. The predicted molar refractivity (Wildman–Crippen MR) is 153 cm³/mol. The Morgan fingerprint density at radius 3 is 2.76 bits per heavy atom. The van der Waals surface area contributed by atoms with Crippen LogP contribution in [0.15, 0.2) is 42.6 Å². The fraction of sp³-hybridized carbons (Fsp3) is 0.414. The number of benzene rings is 1. The number of pyridine rings is 1. The quantitative estimate of drug-likeness (QED) is 0.225. The van der Waals surface area contributed by atoms with Crippen molar-refractivity contribution < 1.29 is 24.2 Å². The van der Waals surface area contributed by atoms with E-state index in [2.05, 4.69) is 20.5 Å². The van der Waals surface area contributed by atoms with E-state index in [-0.39, 0.29) is 6.10 Å². The van der Waals surface area contributed by atoms with Gasteiger partial charge in [-0.2, -0.15) is 0 Å². The first-order chi connectivity index (χ1) is 19.9. The second-order valence-electron chi connectivity index (χ2n) is 10.9. The largest absolute Gasteiger partial charge is 0.443 e. The lowest BCUT2D eigenvalue weighted by molar-refractivity contribution is -0.0722. The van der Waals surface area contributed by atoms with Crippen LogP contribution in [0, 0.1) is 0 Å². The lowest BCUT2D eigenvalue weighted by Crippen LogP contribution is -2.35. The third-order valence-electron chi connectivity index (χ3n) is 8.23. The summed E-state index contributed by atoms with van der Waals surface area (Å²) in [6.45, 7) is 5.92. The Hall–Kier alpha value is -3.22. The molecule has 41 heavy (non-hydrogen) atoms. The summed E-state index contributed by atoms with van der Waals surface area (Å²) in [4.78, 5) is 25.0. The number of halogens is 1. The van der Waals surface area contributed by atoms with Crippen LogP contribution in [-0.4, -0.2) is 56.3 Å². The fourth-order valence-corrected chi connectivity index (χ4v) is 6.96. The first kappa shape index (κ1) is 26.7. The van der Waals surface area contributed by atoms with Gasteiger partial charge in [-0.25, -0.2) is 10.5 Å². The molecule has 2 saturated heterocycles. The highest BCUT2D eigenvalue weighted by molar-refractivity contribution is 7.20. The zero-order chi connectivity index (χ0) is 28.1. The maximum Gasteiger partial charge on any atom is 0.292 e. The highest BCUT2D eigenvalue weighted by Crippen LogP contribution is 2.49. The van der Waals surface area contributed by atoms with Gasteiger partial charge in [0.2, 0.25) is 0 Å². The normalized spacial score (nSPS) is 22.7. The number of hydrogen-bond acceptors (Lipinski definition) is 9. The van der Waals surface area contributed by atoms with Crippen molar-refractivity contribution in [2.75, 3.05) is 19.7 Å². The molecule has 0 saturated carbocycles. The summed E-state index contributed by atoms with van der Waals surface area (Å²) in [5.74, 6) is 1.32. The summed E-state index contributed by atoms with van der Waals surface area (Å²) in [5.41, 5.74) is 4.46. The van der Waals surface area contributed by atoms with Gasteiger partial charge in [-0.3, -0.25) is 19.9 Å². The zero-order valence-corrected chi connectivity index (χ0v) is 24.1. The number of aromatic nitrogens is 3. The van der Waals surface area contributed by atoms with E-state index in [0.29, 0.717) is 28.1 Å². The molecule has 0 radical (unpaired) electrons. The molecule has 0 aliphatic carbocycles. The van der Waals surface area contributed by atoms with Crippen molar-refractivity contribution in [1.82, 2.24) is 24.9 Å². The Kier molecular flexibility index (Phi) is 6.87. The number of nitrogens with one attached hydrogen (secondary N) is 1. The average Bonchev–Trinajstić information content (AvgIpc) is 3.62. The lowest BCUT2D eigenvalue weighted by Gasteiger charge is -2.33. The number of para-hydroxylation sites is 1. The number of carbonyl (C=O) groups is 1. The zero-order valence-electron chi connectivity index (χ0n) is 22.5. The number of ether oxygens (including phenoxy) is 3. The van der Waals surface area contributed by atoms with E-state index in [4.69, 9.17) is 36.0 Å². The molecule has 3 aliphatic heterocycles. The van der Waals surface area contributed by atoms with Gasteiger partial charge in [-0.1, -0.05) is 23.7 Å². The number of nitrogens with zero attached hydrogens (tertiary/aromatic N) is 4. The lowest BCUT2D eigenvalue weighted by atomic mass is 9.88. The van der Waals surface area contributed by atoms with Crippen LogP contribution in [-0.2, 0) is 23.6 Å². The molecule has 3 aliphatic rings. The molecule has 0 unspecified atom stereocenters. The molecule has 0 spiro atoms. The number of piperidine rings is 1. The smallest absolute Gasteiger partial charge is 0.292 e. The SMILES string of the molecule is C[C@]1(c2ccc(Cl)cn2)Oc2cccc(C3CCN(Cc4nc5sc(C(=O)NO)cc5n4C[C@@H]4CCO4)CC3)c2O1. The molecule has 6 heterocycles. The summed E-state index contributed by atoms with van der Waals surface area (Å²) in [5, 5.41) is 9.62. The van der Waals surface area contributed by atoms with Crippen molar-refractivity contribution >= 4 is 39.2 Å². The first-order valence-corrected chi connectivity index (χ1v) is 15.0. The minimum atomic E-state index is -1.00. The first-order valence-electron chi connectivity index (χ1n) is 13.8. The van der Waals surface area contributed by atoms with Gasteiger partial charge >= 0.3 is 0 Å². The Balaban J connectivity index is 1.06. The van der Waals surface area contributed by atoms with Crippen LogP contribution in [0.1, 0.15) is 58.9 Å². The third-order valence-corrected chi connectivity index (χ3v) is 9.47. The maximum atomic E-state index is 12.0. The Morgan fingerprint density at radius 2 is 2.05 bits per heavy atom. The van der Waals surface area contributed by atoms with E-state index in [1.165, 1.54) is 16.9 Å². The minimum absolute atomic E-state index is 0.156. The maximum absolute atomic E-state index is 12.0. The molecule has 214 valence electrons. The van der Waals surface area contributed by atoms with Crippen molar-refractivity contribution in [2.45, 2.75) is 57.1 Å². The minimum Gasteiger partial charge on any atom is -0.443 e. The molecule has 2 atom stereocenters. The monoisotopic (exact) mass is 595 g/mol. The van der Waals surface area contributed by atoms with Crippen LogP contribution in [0.4, 0.5) is 0 Å². The molecular formula is C29H30ClN5O5S. The topological polar surface area (TPSA) is 111 Å². The second kappa shape index (κ2) is 10.6. The van der Waals surface area contributed by atoms with Gasteiger partial charge in [0.25, 0.3) is 11.7 Å². The summed E-state index contributed by atoms with van der Waals surface area (Å²) in [6, 6.07) is 11.5. The number of imidazole rings is 1. The van der Waals surface area contributed by atoms with E-state index in [0.717, 1.165) is 73.2 Å². The average molecular weight is 596 g/mol. The Bertz CT molecular complexity index is 1600. The van der Waals surface area contributed by atoms with Crippen LogP contribution in [0.25, 0.3) is 10.3 Å². The molecule has 7 rings (SSSR count). The van der Waals surface area contributed by atoms with Crippen LogP contribution >= 0.6 is 22.9 Å². The van der Waals surface area contributed by atoms with Crippen LogP contribution in [0.3, 0.4) is 0 Å². The number of hydrogen-bond donors (Lipinski definition) is 2. The molecule has 1 amide bonds. The molecule has 2 fully saturated rings. The second-order valence-corrected chi connectivity index (χ2v) is 12.4. The molecule has 12 heteroatoms. The van der Waals surface area contributed by atoms with Gasteiger partial charge in [0.15, 0.2) is 11.5 Å². The highest BCUT2D eigenvalue weighted by Gasteiger charge is 2.42. The third kappa shape index (κ3) is 4.95. The summed E-state index contributed by atoms with van der Waals surface area (Å²) < 4.78 is 20.6. The molecule has 1 aromatic carbocycles. The summed E-state index contributed by atoms with van der Waals surface area (Å²) in [6.07, 6.45) is 4.74. The summed E-state index contributed by atoms with van der Waals surface area (Å²) in [7, 11) is 0. The van der Waals surface area contributed by atoms with Gasteiger partial charge in [0, 0.05) is 25.3 Å². The Morgan fingerprint density at radius 1 is 1.22 bits per heavy atom. The van der Waals surface area contributed by atoms with E-state index < -0.39 is 11.7 Å². The van der Waals surface area contributed by atoms with Gasteiger partial charge in [0.1, 0.15) is 16.3 Å². The highest BCUT2D eigenvalue weighted by atomic mass is 35.5. The Labute approximate surface area is 245 Å². The molecule has 2 N–H and O–H groups in total. The number of thiophene rings is 1. The molecular weight excluding hydrogens is 566 g/mol. The van der Waals surface area contributed by atoms with Crippen LogP contribution in [0.5, 0.6) is 11.5 Å². The molecule has 10 nitrogen and oxygen atoms in total. The predicted octanol–water partition coefficient (Wildman–Crippen LogP) is 5.08. The number of rotatable bonds is 7. The molecule has 0 bridgehead atoms. The van der Waals surface area contributed by atoms with Crippen LogP contribution < -0.4 is 15.0 Å². The van der Waals surface area contributed by atoms with E-state index in [9.17, 15) is 4.79 Å². The van der Waals surface area contributed by atoms with Gasteiger partial charge in [-0.15, -0.1) is 11.3 Å². The number of hydroxylamine groups is 1. The number of likely N-dealkylation sites (tertiary alicyclic amines) is 1. The van der Waals surface area contributed by atoms with Crippen molar-refractivity contribution in [3.05, 3.63) is 69.6 Å². The van der Waals surface area contributed by atoms with Gasteiger partial charge in [0.05, 0.1) is 34.6 Å². The fourth-order valence-electron chi connectivity index (χ4n) is 5.91. The van der Waals surface area contributed by atoms with E-state index >= 15 is 0 Å². The standard InChI is InChI=1S/C29H30ClN5O5S/c1-29(24-6-5-18(30)14-31-24)39-22-4-2-3-20(26(22)40-29)17-7-10-34(11-8-17)16-25-32-28-21(13-23(41-28)27(36)33-37)35(25)15-19-9-12-38-19/h2-6,13-14,17,19,37H,7-12,15-16H2,1H3,(H,33,36)/t19-,29-/m0/s1. The van der Waals surface area contributed by atoms with E-state index in [1.807, 2.05) is 25.1 Å². The number of amides is 1. The van der Waals surface area contributed by atoms with Crippen molar-refractivity contribution in [3.8, 4) is 11.5 Å². The van der Waals surface area contributed by atoms with Crippen LogP contribution in [0.2, 0.25) is 5.02 Å².